The van der Waals surface area contributed by atoms with Gasteiger partial charge in [0.15, 0.2) is 11.6 Å². The highest BCUT2D eigenvalue weighted by Crippen LogP contribution is 2.24. The maximum atomic E-state index is 13.3. The number of methoxy groups -OCH3 is 1. The maximum Gasteiger partial charge on any atom is 0.282 e. The SMILES string of the molecule is COc1cc(N(C)C[C@H]2COC(N)=N2)ccc1F. The fraction of sp³-hybridized carbons (Fsp3) is 0.417. The first-order valence-electron chi connectivity index (χ1n) is 5.61. The summed E-state index contributed by atoms with van der Waals surface area (Å²) >= 11 is 0. The van der Waals surface area contributed by atoms with Crippen LogP contribution in [0.4, 0.5) is 10.1 Å². The van der Waals surface area contributed by atoms with Crippen molar-refractivity contribution in [1.29, 1.82) is 0 Å². The van der Waals surface area contributed by atoms with Crippen LogP contribution in [-0.4, -0.2) is 39.4 Å². The maximum absolute atomic E-state index is 13.3. The van der Waals surface area contributed by atoms with Crippen molar-refractivity contribution >= 4 is 11.7 Å². The van der Waals surface area contributed by atoms with Crippen molar-refractivity contribution in [2.75, 3.05) is 32.2 Å². The Balaban J connectivity index is 2.06. The molecule has 2 rings (SSSR count). The third kappa shape index (κ3) is 2.64. The van der Waals surface area contributed by atoms with E-state index in [2.05, 4.69) is 4.99 Å². The van der Waals surface area contributed by atoms with E-state index in [4.69, 9.17) is 15.2 Å². The summed E-state index contributed by atoms with van der Waals surface area (Å²) < 4.78 is 23.3. The van der Waals surface area contributed by atoms with Gasteiger partial charge in [-0.15, -0.1) is 0 Å². The zero-order valence-corrected chi connectivity index (χ0v) is 10.4. The standard InChI is InChI=1S/C12H16FN3O2/c1-16(6-8-7-18-12(14)15-8)9-3-4-10(13)11(5-9)17-2/h3-5,8H,6-7H2,1-2H3,(H2,14,15)/t8-/m0/s1. The van der Waals surface area contributed by atoms with Gasteiger partial charge >= 0.3 is 0 Å². The number of benzene rings is 1. The van der Waals surface area contributed by atoms with Crippen molar-refractivity contribution in [2.24, 2.45) is 10.7 Å². The molecule has 0 unspecified atom stereocenters. The molecule has 0 aliphatic carbocycles. The van der Waals surface area contributed by atoms with E-state index in [0.29, 0.717) is 13.2 Å². The smallest absolute Gasteiger partial charge is 0.282 e. The third-order valence-electron chi connectivity index (χ3n) is 2.79. The Hall–Kier alpha value is -1.98. The molecule has 1 aromatic rings. The molecule has 0 fully saturated rings. The van der Waals surface area contributed by atoms with Crippen LogP contribution in [-0.2, 0) is 4.74 Å². The van der Waals surface area contributed by atoms with Gasteiger partial charge in [-0.1, -0.05) is 0 Å². The lowest BCUT2D eigenvalue weighted by atomic mass is 10.2. The number of nitrogens with two attached hydrogens (primary N) is 1. The molecule has 0 spiro atoms. The fourth-order valence-electron chi connectivity index (χ4n) is 1.84. The summed E-state index contributed by atoms with van der Waals surface area (Å²) in [5.74, 6) is -0.147. The first-order chi connectivity index (χ1) is 8.60. The molecule has 0 amide bonds. The van der Waals surface area contributed by atoms with Crippen LogP contribution < -0.4 is 15.4 Å². The third-order valence-corrected chi connectivity index (χ3v) is 2.79. The van der Waals surface area contributed by atoms with Crippen molar-refractivity contribution in [1.82, 2.24) is 0 Å². The van der Waals surface area contributed by atoms with Gasteiger partial charge < -0.3 is 20.1 Å². The van der Waals surface area contributed by atoms with Crippen molar-refractivity contribution in [3.8, 4) is 5.75 Å². The summed E-state index contributed by atoms with van der Waals surface area (Å²) in [6.45, 7) is 1.13. The fourth-order valence-corrected chi connectivity index (χ4v) is 1.84. The van der Waals surface area contributed by atoms with E-state index < -0.39 is 0 Å². The summed E-state index contributed by atoms with van der Waals surface area (Å²) in [6, 6.07) is 4.96. The predicted molar refractivity (Wildman–Crippen MR) is 67.6 cm³/mol. The predicted octanol–water partition coefficient (Wildman–Crippen LogP) is 0.984. The van der Waals surface area contributed by atoms with Crippen LogP contribution >= 0.6 is 0 Å². The lowest BCUT2D eigenvalue weighted by Crippen LogP contribution is -2.28. The zero-order valence-electron chi connectivity index (χ0n) is 10.4. The van der Waals surface area contributed by atoms with E-state index in [1.54, 1.807) is 12.1 Å². The van der Waals surface area contributed by atoms with Gasteiger partial charge in [-0.2, -0.15) is 0 Å². The lowest BCUT2D eigenvalue weighted by molar-refractivity contribution is 0.314. The van der Waals surface area contributed by atoms with Gasteiger partial charge in [0.25, 0.3) is 6.02 Å². The highest BCUT2D eigenvalue weighted by atomic mass is 19.1. The number of ether oxygens (including phenoxy) is 2. The number of aliphatic imine (C=N–C) groups is 1. The highest BCUT2D eigenvalue weighted by Gasteiger charge is 2.19. The molecule has 5 nitrogen and oxygen atoms in total. The van der Waals surface area contributed by atoms with Gasteiger partial charge in [0.2, 0.25) is 0 Å². The topological polar surface area (TPSA) is 60.1 Å². The van der Waals surface area contributed by atoms with Crippen molar-refractivity contribution in [2.45, 2.75) is 6.04 Å². The number of amidine groups is 1. The molecule has 1 atom stereocenters. The highest BCUT2D eigenvalue weighted by molar-refractivity contribution is 5.73. The second kappa shape index (κ2) is 5.12. The van der Waals surface area contributed by atoms with Crippen LogP contribution in [0.25, 0.3) is 0 Å². The number of hydrogen-bond acceptors (Lipinski definition) is 5. The van der Waals surface area contributed by atoms with E-state index in [9.17, 15) is 4.39 Å². The first kappa shape index (κ1) is 12.5. The minimum absolute atomic E-state index is 0.00560. The first-order valence-corrected chi connectivity index (χ1v) is 5.61. The van der Waals surface area contributed by atoms with Crippen LogP contribution in [0.1, 0.15) is 0 Å². The summed E-state index contributed by atoms with van der Waals surface area (Å²) in [6.07, 6.45) is 0. The molecule has 0 aromatic heterocycles. The van der Waals surface area contributed by atoms with Gasteiger partial charge in [0.05, 0.1) is 7.11 Å². The minimum Gasteiger partial charge on any atom is -0.494 e. The molecule has 1 heterocycles. The molecule has 1 aliphatic heterocycles. The normalized spacial score (nSPS) is 18.2. The molecule has 18 heavy (non-hydrogen) atoms. The number of rotatable bonds is 4. The van der Waals surface area contributed by atoms with E-state index in [1.165, 1.54) is 13.2 Å². The van der Waals surface area contributed by atoms with Crippen molar-refractivity contribution < 1.29 is 13.9 Å². The zero-order chi connectivity index (χ0) is 13.1. The van der Waals surface area contributed by atoms with E-state index in [1.807, 2.05) is 11.9 Å². The lowest BCUT2D eigenvalue weighted by Gasteiger charge is -2.21. The largest absolute Gasteiger partial charge is 0.494 e. The molecule has 0 bridgehead atoms. The Kier molecular flexibility index (Phi) is 3.55. The molecule has 0 saturated carbocycles. The van der Waals surface area contributed by atoms with Gasteiger partial charge in [0, 0.05) is 25.3 Å². The molecule has 6 heteroatoms. The van der Waals surface area contributed by atoms with Gasteiger partial charge in [-0.25, -0.2) is 9.38 Å². The van der Waals surface area contributed by atoms with E-state index in [-0.39, 0.29) is 23.6 Å². The Morgan fingerprint density at radius 2 is 2.39 bits per heavy atom. The van der Waals surface area contributed by atoms with Crippen LogP contribution in [0.5, 0.6) is 5.75 Å². The molecule has 1 aliphatic rings. The van der Waals surface area contributed by atoms with Crippen molar-refractivity contribution in [3.05, 3.63) is 24.0 Å². The van der Waals surface area contributed by atoms with Crippen LogP contribution in [0.15, 0.2) is 23.2 Å². The molecule has 0 radical (unpaired) electrons. The number of halogens is 1. The second-order valence-corrected chi connectivity index (χ2v) is 4.13. The van der Waals surface area contributed by atoms with Crippen LogP contribution in [0, 0.1) is 5.82 Å². The summed E-state index contributed by atoms with van der Waals surface area (Å²) in [5.41, 5.74) is 6.30. The van der Waals surface area contributed by atoms with Gasteiger partial charge in [-0.3, -0.25) is 0 Å². The van der Waals surface area contributed by atoms with Crippen LogP contribution in [0.3, 0.4) is 0 Å². The van der Waals surface area contributed by atoms with E-state index >= 15 is 0 Å². The molecular formula is C12H16FN3O2. The molecule has 0 saturated heterocycles. The number of hydrogen-bond donors (Lipinski definition) is 1. The number of anilines is 1. The monoisotopic (exact) mass is 253 g/mol. The molecule has 98 valence electrons. The number of likely N-dealkylation sites (N-methyl/N-ethyl adjacent to an activating group) is 1. The van der Waals surface area contributed by atoms with Crippen molar-refractivity contribution in [3.63, 3.8) is 0 Å². The molecule has 2 N–H and O–H groups in total. The van der Waals surface area contributed by atoms with Gasteiger partial charge in [0.1, 0.15) is 12.6 Å². The van der Waals surface area contributed by atoms with E-state index in [0.717, 1.165) is 5.69 Å². The Morgan fingerprint density at radius 1 is 1.61 bits per heavy atom. The van der Waals surface area contributed by atoms with Crippen LogP contribution in [0.2, 0.25) is 0 Å². The summed E-state index contributed by atoms with van der Waals surface area (Å²) in [4.78, 5) is 6.10. The average molecular weight is 253 g/mol. The quantitative estimate of drug-likeness (QED) is 0.869. The Bertz CT molecular complexity index is 465. The van der Waals surface area contributed by atoms with Gasteiger partial charge in [-0.05, 0) is 12.1 Å². The Morgan fingerprint density at radius 3 is 3.00 bits per heavy atom. The summed E-state index contributed by atoms with van der Waals surface area (Å²) in [5, 5.41) is 0. The molecular weight excluding hydrogens is 237 g/mol. The second-order valence-electron chi connectivity index (χ2n) is 4.13. The average Bonchev–Trinajstić information content (AvgIpc) is 2.75. The summed E-state index contributed by atoms with van der Waals surface area (Å²) in [7, 11) is 3.34. The molecule has 1 aromatic carbocycles. The number of nitrogens with zero attached hydrogens (tertiary/aromatic N) is 2. The minimum atomic E-state index is -0.374. The Labute approximate surface area is 105 Å².